The zero-order chi connectivity index (χ0) is 20.8. The molecule has 0 bridgehead atoms. The maximum absolute atomic E-state index is 5.32. The van der Waals surface area contributed by atoms with Crippen LogP contribution in [-0.2, 0) is 0 Å². The standard InChI is InChI=1S/C24H29N3O2S/c1-28-20-10-6-18(7-11-20)22-23(19-8-12-21(29-2)13-9-19)30-24(26-22)25-14-17-27-15-4-3-5-16-27/h6-13H,3-5,14-17H2,1-2H3,(H,25,26). The molecule has 6 heteroatoms. The molecule has 1 aliphatic rings. The van der Waals surface area contributed by atoms with Gasteiger partial charge in [-0.25, -0.2) is 4.98 Å². The Morgan fingerprint density at radius 3 is 2.07 bits per heavy atom. The van der Waals surface area contributed by atoms with Gasteiger partial charge in [-0.3, -0.25) is 0 Å². The van der Waals surface area contributed by atoms with Crippen LogP contribution in [0.5, 0.6) is 11.5 Å². The van der Waals surface area contributed by atoms with Gasteiger partial charge in [0.05, 0.1) is 24.8 Å². The topological polar surface area (TPSA) is 46.6 Å². The lowest BCUT2D eigenvalue weighted by molar-refractivity contribution is 0.237. The molecule has 1 fully saturated rings. The molecule has 30 heavy (non-hydrogen) atoms. The van der Waals surface area contributed by atoms with Gasteiger partial charge in [-0.05, 0) is 80.0 Å². The van der Waals surface area contributed by atoms with Crippen molar-refractivity contribution in [3.8, 4) is 33.2 Å². The van der Waals surface area contributed by atoms with Crippen molar-refractivity contribution in [1.29, 1.82) is 0 Å². The summed E-state index contributed by atoms with van der Waals surface area (Å²) in [4.78, 5) is 8.65. The van der Waals surface area contributed by atoms with E-state index in [1.54, 1.807) is 25.6 Å². The molecule has 0 atom stereocenters. The summed E-state index contributed by atoms with van der Waals surface area (Å²) >= 11 is 1.70. The molecule has 0 spiro atoms. The summed E-state index contributed by atoms with van der Waals surface area (Å²) in [5, 5.41) is 4.52. The smallest absolute Gasteiger partial charge is 0.183 e. The Bertz CT molecular complexity index is 867. The molecule has 1 aliphatic heterocycles. The summed E-state index contributed by atoms with van der Waals surface area (Å²) in [5.41, 5.74) is 3.22. The van der Waals surface area contributed by atoms with E-state index in [2.05, 4.69) is 34.5 Å². The molecule has 0 radical (unpaired) electrons. The summed E-state index contributed by atoms with van der Waals surface area (Å²) in [6.45, 7) is 4.41. The Kier molecular flexibility index (Phi) is 6.87. The second-order valence-electron chi connectivity index (χ2n) is 7.48. The number of aromatic nitrogens is 1. The van der Waals surface area contributed by atoms with E-state index in [4.69, 9.17) is 14.5 Å². The molecule has 5 nitrogen and oxygen atoms in total. The number of hydrogen-bond donors (Lipinski definition) is 1. The third-order valence-corrected chi connectivity index (χ3v) is 6.56. The van der Waals surface area contributed by atoms with E-state index in [9.17, 15) is 0 Å². The molecule has 1 aromatic heterocycles. The van der Waals surface area contributed by atoms with Crippen LogP contribution in [0.4, 0.5) is 5.13 Å². The molecule has 0 unspecified atom stereocenters. The Balaban J connectivity index is 1.57. The van der Waals surface area contributed by atoms with Crippen molar-refractivity contribution in [2.24, 2.45) is 0 Å². The van der Waals surface area contributed by atoms with Gasteiger partial charge in [0.15, 0.2) is 5.13 Å². The first-order valence-corrected chi connectivity index (χ1v) is 11.3. The number of ether oxygens (including phenoxy) is 2. The van der Waals surface area contributed by atoms with Crippen LogP contribution in [0.2, 0.25) is 0 Å². The minimum absolute atomic E-state index is 0.847. The summed E-state index contributed by atoms with van der Waals surface area (Å²) in [6, 6.07) is 16.3. The molecular formula is C24H29N3O2S. The molecule has 0 amide bonds. The van der Waals surface area contributed by atoms with Crippen LogP contribution < -0.4 is 14.8 Å². The molecule has 0 saturated carbocycles. The highest BCUT2D eigenvalue weighted by molar-refractivity contribution is 7.19. The fourth-order valence-electron chi connectivity index (χ4n) is 3.78. The van der Waals surface area contributed by atoms with Crippen molar-refractivity contribution in [2.45, 2.75) is 19.3 Å². The van der Waals surface area contributed by atoms with Gasteiger partial charge in [0.25, 0.3) is 0 Å². The highest BCUT2D eigenvalue weighted by Gasteiger charge is 2.16. The molecule has 158 valence electrons. The number of hydrogen-bond acceptors (Lipinski definition) is 6. The monoisotopic (exact) mass is 423 g/mol. The van der Waals surface area contributed by atoms with E-state index >= 15 is 0 Å². The van der Waals surface area contributed by atoms with Crippen LogP contribution in [0.15, 0.2) is 48.5 Å². The molecule has 0 aliphatic carbocycles. The lowest BCUT2D eigenvalue weighted by atomic mass is 10.1. The second-order valence-corrected chi connectivity index (χ2v) is 8.48. The molecule has 2 heterocycles. The summed E-state index contributed by atoms with van der Waals surface area (Å²) in [7, 11) is 3.37. The molecule has 4 rings (SSSR count). The van der Waals surface area contributed by atoms with Gasteiger partial charge in [-0.15, -0.1) is 0 Å². The van der Waals surface area contributed by atoms with Crippen LogP contribution in [0, 0.1) is 0 Å². The number of rotatable bonds is 8. The third-order valence-electron chi connectivity index (χ3n) is 5.50. The second kappa shape index (κ2) is 9.96. The number of likely N-dealkylation sites (tertiary alicyclic amines) is 1. The first-order chi connectivity index (χ1) is 14.8. The van der Waals surface area contributed by atoms with Gasteiger partial charge in [0.2, 0.25) is 0 Å². The minimum atomic E-state index is 0.847. The van der Waals surface area contributed by atoms with Crippen LogP contribution in [-0.4, -0.2) is 50.3 Å². The van der Waals surface area contributed by atoms with Crippen molar-refractivity contribution in [3.63, 3.8) is 0 Å². The van der Waals surface area contributed by atoms with Crippen molar-refractivity contribution in [1.82, 2.24) is 9.88 Å². The maximum atomic E-state index is 5.32. The zero-order valence-electron chi connectivity index (χ0n) is 17.7. The quantitative estimate of drug-likeness (QED) is 0.526. The van der Waals surface area contributed by atoms with Gasteiger partial charge in [0, 0.05) is 18.7 Å². The molecule has 1 saturated heterocycles. The predicted molar refractivity (Wildman–Crippen MR) is 125 cm³/mol. The van der Waals surface area contributed by atoms with Gasteiger partial charge < -0.3 is 19.7 Å². The molecule has 1 N–H and O–H groups in total. The normalized spacial score (nSPS) is 14.5. The van der Waals surface area contributed by atoms with E-state index in [0.29, 0.717) is 0 Å². The summed E-state index contributed by atoms with van der Waals surface area (Å²) in [5.74, 6) is 1.70. The lowest BCUT2D eigenvalue weighted by Crippen LogP contribution is -2.33. The average molecular weight is 424 g/mol. The predicted octanol–water partition coefficient (Wildman–Crippen LogP) is 5.39. The van der Waals surface area contributed by atoms with E-state index in [1.807, 2.05) is 24.3 Å². The lowest BCUT2D eigenvalue weighted by Gasteiger charge is -2.26. The highest BCUT2D eigenvalue weighted by atomic mass is 32.1. The summed E-state index contributed by atoms with van der Waals surface area (Å²) < 4.78 is 10.6. The van der Waals surface area contributed by atoms with Crippen LogP contribution in [0.25, 0.3) is 21.7 Å². The number of piperidine rings is 1. The molecule has 2 aromatic carbocycles. The van der Waals surface area contributed by atoms with Crippen LogP contribution in [0.1, 0.15) is 19.3 Å². The van der Waals surface area contributed by atoms with Gasteiger partial charge in [-0.2, -0.15) is 0 Å². The largest absolute Gasteiger partial charge is 0.497 e. The number of nitrogens with zero attached hydrogens (tertiary/aromatic N) is 2. The number of nitrogens with one attached hydrogen (secondary N) is 1. The van der Waals surface area contributed by atoms with E-state index in [-0.39, 0.29) is 0 Å². The fourth-order valence-corrected chi connectivity index (χ4v) is 4.80. The SMILES string of the molecule is COc1ccc(-c2nc(NCCN3CCCCC3)sc2-c2ccc(OC)cc2)cc1. The highest BCUT2D eigenvalue weighted by Crippen LogP contribution is 2.39. The maximum Gasteiger partial charge on any atom is 0.183 e. The van der Waals surface area contributed by atoms with Crippen molar-refractivity contribution in [3.05, 3.63) is 48.5 Å². The van der Waals surface area contributed by atoms with Gasteiger partial charge in [-0.1, -0.05) is 17.8 Å². The van der Waals surface area contributed by atoms with E-state index in [0.717, 1.165) is 51.4 Å². The van der Waals surface area contributed by atoms with Crippen molar-refractivity contribution < 1.29 is 9.47 Å². The fraction of sp³-hybridized carbons (Fsp3) is 0.375. The van der Waals surface area contributed by atoms with E-state index in [1.165, 1.54) is 32.4 Å². The van der Waals surface area contributed by atoms with Gasteiger partial charge >= 0.3 is 0 Å². The Morgan fingerprint density at radius 1 is 0.867 bits per heavy atom. The Morgan fingerprint density at radius 2 is 1.47 bits per heavy atom. The van der Waals surface area contributed by atoms with Crippen LogP contribution in [0.3, 0.4) is 0 Å². The summed E-state index contributed by atoms with van der Waals surface area (Å²) in [6.07, 6.45) is 4.01. The van der Waals surface area contributed by atoms with Gasteiger partial charge in [0.1, 0.15) is 11.5 Å². The van der Waals surface area contributed by atoms with Crippen molar-refractivity contribution >= 4 is 16.5 Å². The first-order valence-electron chi connectivity index (χ1n) is 10.5. The number of benzene rings is 2. The third kappa shape index (κ3) is 4.94. The van der Waals surface area contributed by atoms with Crippen LogP contribution >= 0.6 is 11.3 Å². The number of anilines is 1. The van der Waals surface area contributed by atoms with Crippen molar-refractivity contribution in [2.75, 3.05) is 45.7 Å². The first kappa shape index (κ1) is 20.7. The number of thiazole rings is 1. The van der Waals surface area contributed by atoms with E-state index < -0.39 is 0 Å². The molecule has 3 aromatic rings. The minimum Gasteiger partial charge on any atom is -0.497 e. The Hall–Kier alpha value is -2.57. The molecular weight excluding hydrogens is 394 g/mol. The average Bonchev–Trinajstić information content (AvgIpc) is 3.24. The zero-order valence-corrected chi connectivity index (χ0v) is 18.5. The number of methoxy groups -OCH3 is 2. The Labute approximate surface area is 182 Å².